The Kier molecular flexibility index (Phi) is 11.3. The van der Waals surface area contributed by atoms with Gasteiger partial charge in [-0.1, -0.05) is 5.11 Å². The largest absolute Gasteiger partial charge is 0.461 e. The molecule has 0 aliphatic carbocycles. The summed E-state index contributed by atoms with van der Waals surface area (Å²) >= 11 is 0. The number of furan rings is 1. The van der Waals surface area contributed by atoms with E-state index in [1.54, 1.807) is 13.1 Å². The lowest BCUT2D eigenvalue weighted by atomic mass is 10.3. The van der Waals surface area contributed by atoms with Gasteiger partial charge >= 0.3 is 0 Å². The normalized spacial score (nSPS) is 10.0. The van der Waals surface area contributed by atoms with Gasteiger partial charge in [0.15, 0.2) is 5.76 Å². The summed E-state index contributed by atoms with van der Waals surface area (Å²) in [6.45, 7) is 1.62. The predicted octanol–water partition coefficient (Wildman–Crippen LogP) is 2.58. The van der Waals surface area contributed by atoms with Crippen LogP contribution in [0.25, 0.3) is 26.4 Å². The van der Waals surface area contributed by atoms with Crippen LogP contribution in [0.4, 0.5) is 0 Å². The summed E-state index contributed by atoms with van der Waals surface area (Å²) in [5.74, 6) is 0.575. The highest BCUT2D eigenvalue weighted by Gasteiger charge is 2.11. The molecule has 1 heterocycles. The number of nitrogens with two attached hydrogens (primary N) is 1. The number of Topliss-reactive ketones (excluding diaryl/α,β-unsaturated/α-hetero) is 1. The Bertz CT molecular complexity index is 600. The van der Waals surface area contributed by atoms with Gasteiger partial charge in [-0.15, -0.1) is 0 Å². The van der Waals surface area contributed by atoms with E-state index in [1.807, 2.05) is 28.1 Å². The SMILES string of the molecule is CN=C(N)[N+](C)(C)C.Cc1coc(C(=O)CN=[N+]=[N-])c1.[N-]=[N+]=[N-]. The summed E-state index contributed by atoms with van der Waals surface area (Å²) in [5.41, 5.74) is 27.8. The van der Waals surface area contributed by atoms with Crippen LogP contribution in [0.1, 0.15) is 16.1 Å². The fraction of sp³-hybridized carbons (Fsp3) is 0.500. The lowest BCUT2D eigenvalue weighted by Crippen LogP contribution is -2.46. The molecule has 1 rings (SSSR count). The molecule has 0 aliphatic heterocycles. The molecule has 2 N–H and O–H groups in total. The van der Waals surface area contributed by atoms with E-state index < -0.39 is 0 Å². The number of aliphatic imine (C=N–C) groups is 1. The third-order valence-corrected chi connectivity index (χ3v) is 2.20. The van der Waals surface area contributed by atoms with E-state index in [-0.39, 0.29) is 18.1 Å². The quantitative estimate of drug-likeness (QED) is 0.171. The van der Waals surface area contributed by atoms with E-state index >= 15 is 0 Å². The molecular formula is C12H21N9O2. The molecule has 0 saturated heterocycles. The van der Waals surface area contributed by atoms with E-state index in [0.29, 0.717) is 10.4 Å². The van der Waals surface area contributed by atoms with E-state index in [1.165, 1.54) is 11.2 Å². The summed E-state index contributed by atoms with van der Waals surface area (Å²) in [5, 5.41) is 3.13. The average Bonchev–Trinajstić information content (AvgIpc) is 2.91. The molecule has 11 heteroatoms. The molecule has 0 aromatic carbocycles. The molecule has 0 radical (unpaired) electrons. The lowest BCUT2D eigenvalue weighted by molar-refractivity contribution is -0.778. The van der Waals surface area contributed by atoms with Crippen LogP contribution in [0.5, 0.6) is 0 Å². The Morgan fingerprint density at radius 3 is 2.13 bits per heavy atom. The molecule has 0 fully saturated rings. The van der Waals surface area contributed by atoms with Gasteiger partial charge in [-0.05, 0) is 24.1 Å². The fourth-order valence-corrected chi connectivity index (χ4v) is 1.05. The molecule has 0 spiro atoms. The van der Waals surface area contributed by atoms with Gasteiger partial charge in [0.2, 0.25) is 5.78 Å². The molecule has 11 nitrogen and oxygen atoms in total. The minimum atomic E-state index is -0.305. The van der Waals surface area contributed by atoms with Gasteiger partial charge in [-0.3, -0.25) is 14.2 Å². The maximum atomic E-state index is 11.1. The molecule has 0 aliphatic rings. The number of hydrogen-bond acceptors (Lipinski definition) is 4. The van der Waals surface area contributed by atoms with E-state index in [2.05, 4.69) is 15.0 Å². The highest BCUT2D eigenvalue weighted by molar-refractivity contribution is 5.95. The Morgan fingerprint density at radius 2 is 1.87 bits per heavy atom. The van der Waals surface area contributed by atoms with Crippen LogP contribution in [-0.4, -0.2) is 51.0 Å². The standard InChI is InChI=1S/C7H7N3O2.C5H14N3.N3/c1-5-2-7(12-4-5)6(11)3-9-10-8;1-7-5(6)8(2,3)4;1-3-2/h2,4H,3H2,1H3;1-4H3,(H2,6,7);/q;+1;-1. The number of azide groups is 1. The number of carbonyl (C=O) groups excluding carboxylic acids is 1. The molecule has 0 bridgehead atoms. The summed E-state index contributed by atoms with van der Waals surface area (Å²) in [6, 6.07) is 1.61. The van der Waals surface area contributed by atoms with Crippen molar-refractivity contribution < 1.29 is 13.7 Å². The average molecular weight is 323 g/mol. The number of aryl methyl sites for hydroxylation is 1. The van der Waals surface area contributed by atoms with Crippen LogP contribution in [-0.2, 0) is 0 Å². The van der Waals surface area contributed by atoms with Crippen molar-refractivity contribution in [3.8, 4) is 0 Å². The van der Waals surface area contributed by atoms with Crippen LogP contribution in [0.3, 0.4) is 0 Å². The zero-order chi connectivity index (χ0) is 18.5. The third kappa shape index (κ3) is 11.3. The predicted molar refractivity (Wildman–Crippen MR) is 87.4 cm³/mol. The second-order valence-corrected chi connectivity index (χ2v) is 4.98. The lowest BCUT2D eigenvalue weighted by Gasteiger charge is -2.20. The molecule has 23 heavy (non-hydrogen) atoms. The first-order valence-electron chi connectivity index (χ1n) is 6.25. The Morgan fingerprint density at radius 1 is 1.35 bits per heavy atom. The second kappa shape index (κ2) is 11.6. The van der Waals surface area contributed by atoms with Gasteiger partial charge in [0, 0.05) is 12.0 Å². The molecule has 0 amide bonds. The highest BCUT2D eigenvalue weighted by atomic mass is 16.3. The molecule has 0 unspecified atom stereocenters. The molecule has 0 atom stereocenters. The number of guanidine groups is 1. The first-order valence-corrected chi connectivity index (χ1v) is 6.25. The number of quaternary nitrogens is 1. The van der Waals surface area contributed by atoms with Crippen LogP contribution < -0.4 is 5.73 Å². The number of carbonyl (C=O) groups is 1. The van der Waals surface area contributed by atoms with Crippen LogP contribution >= 0.6 is 0 Å². The monoisotopic (exact) mass is 323 g/mol. The van der Waals surface area contributed by atoms with Gasteiger partial charge in [0.1, 0.15) is 0 Å². The maximum absolute atomic E-state index is 11.1. The van der Waals surface area contributed by atoms with Gasteiger partial charge in [0.25, 0.3) is 5.96 Å². The first kappa shape index (κ1) is 22.3. The number of hydrogen-bond donors (Lipinski definition) is 1. The number of rotatable bonds is 3. The van der Waals surface area contributed by atoms with Crippen molar-refractivity contribution in [2.24, 2.45) is 15.8 Å². The summed E-state index contributed by atoms with van der Waals surface area (Å²) in [7, 11) is 7.62. The van der Waals surface area contributed by atoms with Crippen molar-refractivity contribution in [2.75, 3.05) is 34.7 Å². The highest BCUT2D eigenvalue weighted by Crippen LogP contribution is 2.06. The molecule has 126 valence electrons. The summed E-state index contributed by atoms with van der Waals surface area (Å²) in [6.07, 6.45) is 1.48. The zero-order valence-corrected chi connectivity index (χ0v) is 13.8. The Hall–Kier alpha value is -3.00. The third-order valence-electron chi connectivity index (χ3n) is 2.20. The number of ketones is 1. The van der Waals surface area contributed by atoms with Crippen molar-refractivity contribution in [1.82, 2.24) is 0 Å². The van der Waals surface area contributed by atoms with E-state index in [4.69, 9.17) is 26.7 Å². The molecule has 1 aromatic rings. The maximum Gasteiger partial charge on any atom is 0.294 e. The summed E-state index contributed by atoms with van der Waals surface area (Å²) in [4.78, 5) is 18.9. The van der Waals surface area contributed by atoms with Gasteiger partial charge < -0.3 is 21.2 Å². The van der Waals surface area contributed by atoms with Crippen LogP contribution in [0, 0.1) is 6.92 Å². The Labute approximate surface area is 134 Å². The van der Waals surface area contributed by atoms with Gasteiger partial charge in [-0.2, -0.15) is 0 Å². The zero-order valence-electron chi connectivity index (χ0n) is 13.8. The van der Waals surface area contributed by atoms with Crippen molar-refractivity contribution in [2.45, 2.75) is 6.92 Å². The molecular weight excluding hydrogens is 302 g/mol. The topological polar surface area (TPSA) is 176 Å². The smallest absolute Gasteiger partial charge is 0.294 e. The number of nitrogens with zero attached hydrogens (tertiary/aromatic N) is 8. The minimum absolute atomic E-state index is 0.191. The van der Waals surface area contributed by atoms with E-state index in [9.17, 15) is 4.79 Å². The molecule has 0 saturated carbocycles. The van der Waals surface area contributed by atoms with Crippen LogP contribution in [0.15, 0.2) is 26.9 Å². The van der Waals surface area contributed by atoms with Crippen LogP contribution in [0.2, 0.25) is 0 Å². The minimum Gasteiger partial charge on any atom is -0.461 e. The van der Waals surface area contributed by atoms with E-state index in [0.717, 1.165) is 5.56 Å². The van der Waals surface area contributed by atoms with Crippen molar-refractivity contribution >= 4 is 11.7 Å². The summed E-state index contributed by atoms with van der Waals surface area (Å²) < 4.78 is 5.50. The molecule has 1 aromatic heterocycles. The van der Waals surface area contributed by atoms with Crippen molar-refractivity contribution in [1.29, 1.82) is 0 Å². The van der Waals surface area contributed by atoms with Gasteiger partial charge in [0.05, 0.1) is 34.0 Å². The van der Waals surface area contributed by atoms with Crippen molar-refractivity contribution in [3.63, 3.8) is 0 Å². The van der Waals surface area contributed by atoms with Crippen molar-refractivity contribution in [3.05, 3.63) is 50.1 Å². The Balaban J connectivity index is 0. The second-order valence-electron chi connectivity index (χ2n) is 4.98. The fourth-order valence-electron chi connectivity index (χ4n) is 1.05. The van der Waals surface area contributed by atoms with Gasteiger partial charge in [-0.25, -0.2) is 4.99 Å². The first-order chi connectivity index (χ1) is 10.6.